The molecule has 2 heteroatoms. The fourth-order valence-electron chi connectivity index (χ4n) is 0.872. The number of hydrogen-bond acceptors (Lipinski definition) is 2. The first-order valence-corrected chi connectivity index (χ1v) is 5.17. The van der Waals surface area contributed by atoms with E-state index in [2.05, 4.69) is 13.8 Å². The molecule has 0 unspecified atom stereocenters. The van der Waals surface area contributed by atoms with Crippen molar-refractivity contribution >= 4 is 5.78 Å². The third kappa shape index (κ3) is 5.79. The summed E-state index contributed by atoms with van der Waals surface area (Å²) in [5, 5.41) is 9.56. The molecule has 0 bridgehead atoms. The molecule has 0 aliphatic heterocycles. The highest BCUT2D eigenvalue weighted by Crippen LogP contribution is 2.22. The largest absolute Gasteiger partial charge is 0.512 e. The van der Waals surface area contributed by atoms with Gasteiger partial charge in [-0.05, 0) is 12.3 Å². The number of ketones is 1. The van der Waals surface area contributed by atoms with E-state index in [1.54, 1.807) is 0 Å². The highest BCUT2D eigenvalue weighted by Gasteiger charge is 2.16. The Morgan fingerprint density at radius 1 is 1.36 bits per heavy atom. The van der Waals surface area contributed by atoms with Gasteiger partial charge in [-0.3, -0.25) is 4.79 Å². The molecule has 0 fully saturated rings. The molecule has 2 nitrogen and oxygen atoms in total. The Bertz CT molecular complexity index is 219. The van der Waals surface area contributed by atoms with Crippen molar-refractivity contribution in [2.24, 2.45) is 11.3 Å². The summed E-state index contributed by atoms with van der Waals surface area (Å²) in [5.74, 6) is 0.724. The summed E-state index contributed by atoms with van der Waals surface area (Å²) in [6, 6.07) is 0. The van der Waals surface area contributed by atoms with E-state index < -0.39 is 0 Å². The smallest absolute Gasteiger partial charge is 0.159 e. The van der Waals surface area contributed by atoms with Gasteiger partial charge in [0.15, 0.2) is 5.78 Å². The van der Waals surface area contributed by atoms with Crippen LogP contribution in [0.1, 0.15) is 47.5 Å². The van der Waals surface area contributed by atoms with E-state index in [0.29, 0.717) is 12.3 Å². The van der Waals surface area contributed by atoms with Gasteiger partial charge in [-0.25, -0.2) is 0 Å². The van der Waals surface area contributed by atoms with Gasteiger partial charge in [0.25, 0.3) is 0 Å². The molecular weight excluding hydrogens is 176 g/mol. The number of rotatable bonds is 4. The van der Waals surface area contributed by atoms with Crippen LogP contribution in [0.5, 0.6) is 0 Å². The molecule has 0 aromatic carbocycles. The minimum Gasteiger partial charge on any atom is -0.512 e. The third-order valence-corrected chi connectivity index (χ3v) is 2.03. The van der Waals surface area contributed by atoms with E-state index in [0.717, 1.165) is 6.42 Å². The van der Waals surface area contributed by atoms with Gasteiger partial charge >= 0.3 is 0 Å². The van der Waals surface area contributed by atoms with Crippen LogP contribution in [-0.4, -0.2) is 10.9 Å². The number of hydrogen-bond donors (Lipinski definition) is 1. The van der Waals surface area contributed by atoms with Gasteiger partial charge in [-0.15, -0.1) is 0 Å². The molecule has 0 aliphatic rings. The number of carbonyl (C=O) groups excluding carboxylic acids is 1. The van der Waals surface area contributed by atoms with Crippen LogP contribution in [0.3, 0.4) is 0 Å². The van der Waals surface area contributed by atoms with Gasteiger partial charge in [0.05, 0.1) is 0 Å². The zero-order valence-electron chi connectivity index (χ0n) is 9.92. The molecule has 0 amide bonds. The molecule has 0 saturated carbocycles. The normalized spacial score (nSPS) is 13.4. The first-order chi connectivity index (χ1) is 6.23. The molecule has 14 heavy (non-hydrogen) atoms. The molecule has 0 saturated heterocycles. The Hall–Kier alpha value is -0.790. The molecular formula is C12H22O2. The first kappa shape index (κ1) is 13.2. The second-order valence-electron chi connectivity index (χ2n) is 5.18. The summed E-state index contributed by atoms with van der Waals surface area (Å²) >= 11 is 0. The zero-order chi connectivity index (χ0) is 11.4. The van der Waals surface area contributed by atoms with Crippen molar-refractivity contribution in [1.29, 1.82) is 0 Å². The van der Waals surface area contributed by atoms with Crippen molar-refractivity contribution < 1.29 is 9.90 Å². The van der Waals surface area contributed by atoms with Crippen molar-refractivity contribution in [3.63, 3.8) is 0 Å². The Morgan fingerprint density at radius 2 is 1.86 bits per heavy atom. The van der Waals surface area contributed by atoms with Crippen LogP contribution in [0.25, 0.3) is 0 Å². The zero-order valence-corrected chi connectivity index (χ0v) is 9.92. The van der Waals surface area contributed by atoms with Crippen molar-refractivity contribution in [2.45, 2.75) is 47.5 Å². The second kappa shape index (κ2) is 5.18. The van der Waals surface area contributed by atoms with Gasteiger partial charge in [-0.1, -0.05) is 34.6 Å². The topological polar surface area (TPSA) is 37.3 Å². The number of aliphatic hydroxyl groups excluding tert-OH is 1. The number of allylic oxidation sites excluding steroid dienone is 2. The fourth-order valence-corrected chi connectivity index (χ4v) is 0.872. The molecule has 0 rings (SSSR count). The molecule has 0 atom stereocenters. The summed E-state index contributed by atoms with van der Waals surface area (Å²) in [7, 11) is 0. The molecule has 0 aromatic rings. The van der Waals surface area contributed by atoms with E-state index in [4.69, 9.17) is 0 Å². The van der Waals surface area contributed by atoms with Crippen LogP contribution in [0.4, 0.5) is 0 Å². The van der Waals surface area contributed by atoms with Gasteiger partial charge in [-0.2, -0.15) is 0 Å². The van der Waals surface area contributed by atoms with E-state index in [-0.39, 0.29) is 17.0 Å². The summed E-state index contributed by atoms with van der Waals surface area (Å²) in [4.78, 5) is 11.4. The molecule has 1 N–H and O–H groups in total. The molecule has 0 radical (unpaired) electrons. The molecule has 0 aliphatic carbocycles. The minimum atomic E-state index is -0.326. The lowest BCUT2D eigenvalue weighted by atomic mass is 9.92. The van der Waals surface area contributed by atoms with Gasteiger partial charge in [0.1, 0.15) is 5.76 Å². The van der Waals surface area contributed by atoms with Crippen molar-refractivity contribution in [3.8, 4) is 0 Å². The summed E-state index contributed by atoms with van der Waals surface area (Å²) in [5.41, 5.74) is -0.326. The third-order valence-electron chi connectivity index (χ3n) is 2.03. The average molecular weight is 198 g/mol. The van der Waals surface area contributed by atoms with Crippen LogP contribution in [0, 0.1) is 11.3 Å². The lowest BCUT2D eigenvalue weighted by Gasteiger charge is -2.16. The van der Waals surface area contributed by atoms with Crippen LogP contribution < -0.4 is 0 Å². The lowest BCUT2D eigenvalue weighted by molar-refractivity contribution is -0.115. The Morgan fingerprint density at radius 3 is 2.21 bits per heavy atom. The monoisotopic (exact) mass is 198 g/mol. The maximum Gasteiger partial charge on any atom is 0.159 e. The van der Waals surface area contributed by atoms with E-state index >= 15 is 0 Å². The van der Waals surface area contributed by atoms with E-state index in [1.165, 1.54) is 6.08 Å². The van der Waals surface area contributed by atoms with Gasteiger partial charge < -0.3 is 5.11 Å². The van der Waals surface area contributed by atoms with Crippen molar-refractivity contribution in [3.05, 3.63) is 11.8 Å². The fraction of sp³-hybridized carbons (Fsp3) is 0.750. The Labute approximate surface area is 87.0 Å². The van der Waals surface area contributed by atoms with Crippen LogP contribution >= 0.6 is 0 Å². The quantitative estimate of drug-likeness (QED) is 0.554. The first-order valence-electron chi connectivity index (χ1n) is 5.17. The molecule has 82 valence electrons. The Balaban J connectivity index is 4.17. The molecule has 0 heterocycles. The predicted molar refractivity (Wildman–Crippen MR) is 59.2 cm³/mol. The SMILES string of the molecule is CC(C)CCC(=O)C=C(O)C(C)(C)C. The van der Waals surface area contributed by atoms with Crippen molar-refractivity contribution in [1.82, 2.24) is 0 Å². The second-order valence-corrected chi connectivity index (χ2v) is 5.18. The molecule has 0 aromatic heterocycles. The highest BCUT2D eigenvalue weighted by molar-refractivity contribution is 5.90. The van der Waals surface area contributed by atoms with Crippen LogP contribution in [0.15, 0.2) is 11.8 Å². The standard InChI is InChI=1S/C12H22O2/c1-9(2)6-7-10(13)8-11(14)12(3,4)5/h8-9,14H,6-7H2,1-5H3. The molecule has 0 spiro atoms. The van der Waals surface area contributed by atoms with Crippen LogP contribution in [-0.2, 0) is 4.79 Å². The Kier molecular flexibility index (Phi) is 4.89. The maximum atomic E-state index is 11.4. The lowest BCUT2D eigenvalue weighted by Crippen LogP contribution is -2.11. The van der Waals surface area contributed by atoms with Crippen LogP contribution in [0.2, 0.25) is 0 Å². The summed E-state index contributed by atoms with van der Waals surface area (Å²) < 4.78 is 0. The summed E-state index contributed by atoms with van der Waals surface area (Å²) in [6.45, 7) is 9.82. The average Bonchev–Trinajstić information content (AvgIpc) is 1.99. The van der Waals surface area contributed by atoms with Gasteiger partial charge in [0, 0.05) is 17.9 Å². The maximum absolute atomic E-state index is 11.4. The van der Waals surface area contributed by atoms with Gasteiger partial charge in [0.2, 0.25) is 0 Å². The highest BCUT2D eigenvalue weighted by atomic mass is 16.3. The number of aliphatic hydroxyl groups is 1. The minimum absolute atomic E-state index is 0.0196. The summed E-state index contributed by atoms with van der Waals surface area (Å²) in [6.07, 6.45) is 2.77. The van der Waals surface area contributed by atoms with E-state index in [9.17, 15) is 9.90 Å². The predicted octanol–water partition coefficient (Wildman–Crippen LogP) is 3.48. The van der Waals surface area contributed by atoms with E-state index in [1.807, 2.05) is 20.8 Å². The number of carbonyl (C=O) groups is 1. The van der Waals surface area contributed by atoms with Crippen molar-refractivity contribution in [2.75, 3.05) is 0 Å².